The summed E-state index contributed by atoms with van der Waals surface area (Å²) in [4.78, 5) is 0. The monoisotopic (exact) mass is 218 g/mol. The molecule has 2 nitrogen and oxygen atoms in total. The molecule has 0 saturated carbocycles. The average Bonchev–Trinajstić information content (AvgIpc) is 2.34. The van der Waals surface area contributed by atoms with E-state index in [9.17, 15) is 0 Å². The van der Waals surface area contributed by atoms with Crippen molar-refractivity contribution in [2.75, 3.05) is 14.2 Å². The Balaban J connectivity index is 2.48. The van der Waals surface area contributed by atoms with Gasteiger partial charge in [0.25, 0.3) is 0 Å². The van der Waals surface area contributed by atoms with Crippen molar-refractivity contribution in [2.24, 2.45) is 0 Å². The summed E-state index contributed by atoms with van der Waals surface area (Å²) < 4.78 is 10.2. The molecule has 0 aliphatic rings. The number of ether oxygens (including phenoxy) is 2. The van der Waals surface area contributed by atoms with Crippen LogP contribution in [0.25, 0.3) is 6.08 Å². The van der Waals surface area contributed by atoms with E-state index in [1.807, 2.05) is 42.5 Å². The molecule has 0 amide bonds. The number of rotatable bonds is 6. The summed E-state index contributed by atoms with van der Waals surface area (Å²) in [5.74, 6) is 0. The first-order valence-electron chi connectivity index (χ1n) is 5.22. The fraction of sp³-hybridized carbons (Fsp3) is 0.286. The lowest BCUT2D eigenvalue weighted by Gasteiger charge is -2.12. The molecular weight excluding hydrogens is 200 g/mol. The summed E-state index contributed by atoms with van der Waals surface area (Å²) in [5, 5.41) is 0. The Morgan fingerprint density at radius 1 is 1.25 bits per heavy atom. The maximum atomic E-state index is 5.11. The second-order valence-electron chi connectivity index (χ2n) is 3.51. The van der Waals surface area contributed by atoms with Gasteiger partial charge in [-0.15, -0.1) is 0 Å². The summed E-state index contributed by atoms with van der Waals surface area (Å²) in [6.45, 7) is 3.96. The van der Waals surface area contributed by atoms with Crippen LogP contribution in [0.15, 0.2) is 48.6 Å². The molecule has 1 aromatic rings. The SMILES string of the molecule is C=C(/C=C/c1ccccc1)CC(OC)OC. The molecule has 86 valence electrons. The Labute approximate surface area is 97.2 Å². The van der Waals surface area contributed by atoms with Crippen molar-refractivity contribution in [1.82, 2.24) is 0 Å². The third-order valence-corrected chi connectivity index (χ3v) is 2.27. The molecule has 0 fully saturated rings. The lowest BCUT2D eigenvalue weighted by atomic mass is 10.1. The number of methoxy groups -OCH3 is 2. The van der Waals surface area contributed by atoms with E-state index in [4.69, 9.17) is 9.47 Å². The summed E-state index contributed by atoms with van der Waals surface area (Å²) in [7, 11) is 3.25. The van der Waals surface area contributed by atoms with Crippen LogP contribution in [0, 0.1) is 0 Å². The van der Waals surface area contributed by atoms with Gasteiger partial charge in [0, 0.05) is 20.6 Å². The highest BCUT2D eigenvalue weighted by Gasteiger charge is 2.04. The van der Waals surface area contributed by atoms with Crippen molar-refractivity contribution in [3.63, 3.8) is 0 Å². The van der Waals surface area contributed by atoms with Crippen molar-refractivity contribution in [3.05, 3.63) is 54.1 Å². The van der Waals surface area contributed by atoms with Gasteiger partial charge >= 0.3 is 0 Å². The van der Waals surface area contributed by atoms with E-state index in [1.54, 1.807) is 14.2 Å². The topological polar surface area (TPSA) is 18.5 Å². The zero-order valence-electron chi connectivity index (χ0n) is 9.85. The smallest absolute Gasteiger partial charge is 0.160 e. The van der Waals surface area contributed by atoms with E-state index in [1.165, 1.54) is 0 Å². The molecule has 0 aromatic heterocycles. The van der Waals surface area contributed by atoms with E-state index >= 15 is 0 Å². The minimum absolute atomic E-state index is 0.215. The van der Waals surface area contributed by atoms with Crippen LogP contribution < -0.4 is 0 Å². The Bertz CT molecular complexity index is 337. The number of hydrogen-bond donors (Lipinski definition) is 0. The van der Waals surface area contributed by atoms with Crippen molar-refractivity contribution in [1.29, 1.82) is 0 Å². The van der Waals surface area contributed by atoms with Gasteiger partial charge in [-0.1, -0.05) is 54.6 Å². The van der Waals surface area contributed by atoms with Gasteiger partial charge in [-0.05, 0) is 5.56 Å². The number of allylic oxidation sites excluding steroid dienone is 1. The standard InChI is InChI=1S/C14H18O2/c1-12(11-14(15-2)16-3)9-10-13-7-5-4-6-8-13/h4-10,14H,1,11H2,2-3H3/b10-9+. The molecule has 0 heterocycles. The molecule has 1 aromatic carbocycles. The van der Waals surface area contributed by atoms with Gasteiger partial charge in [-0.3, -0.25) is 0 Å². The predicted molar refractivity (Wildman–Crippen MR) is 67.0 cm³/mol. The van der Waals surface area contributed by atoms with Crippen LogP contribution in [0.5, 0.6) is 0 Å². The highest BCUT2D eigenvalue weighted by molar-refractivity contribution is 5.52. The highest BCUT2D eigenvalue weighted by atomic mass is 16.7. The Morgan fingerprint density at radius 2 is 1.88 bits per heavy atom. The molecule has 0 saturated heterocycles. The quantitative estimate of drug-likeness (QED) is 0.539. The van der Waals surface area contributed by atoms with E-state index in [0.29, 0.717) is 6.42 Å². The molecule has 0 spiro atoms. The van der Waals surface area contributed by atoms with E-state index in [0.717, 1.165) is 11.1 Å². The van der Waals surface area contributed by atoms with Crippen molar-refractivity contribution in [2.45, 2.75) is 12.7 Å². The van der Waals surface area contributed by atoms with Gasteiger partial charge in [0.05, 0.1) is 0 Å². The zero-order chi connectivity index (χ0) is 11.8. The second kappa shape index (κ2) is 6.99. The molecule has 2 heteroatoms. The fourth-order valence-corrected chi connectivity index (χ4v) is 1.32. The third kappa shape index (κ3) is 4.43. The first kappa shape index (κ1) is 12.7. The fourth-order valence-electron chi connectivity index (χ4n) is 1.32. The van der Waals surface area contributed by atoms with Crippen LogP contribution in [-0.4, -0.2) is 20.5 Å². The molecule has 0 radical (unpaired) electrons. The van der Waals surface area contributed by atoms with E-state index < -0.39 is 0 Å². The first-order valence-corrected chi connectivity index (χ1v) is 5.22. The van der Waals surface area contributed by atoms with Gasteiger partial charge in [0.15, 0.2) is 6.29 Å². The van der Waals surface area contributed by atoms with Gasteiger partial charge < -0.3 is 9.47 Å². The van der Waals surface area contributed by atoms with Crippen LogP contribution >= 0.6 is 0 Å². The summed E-state index contributed by atoms with van der Waals surface area (Å²) >= 11 is 0. The molecule has 0 unspecified atom stereocenters. The maximum absolute atomic E-state index is 5.11. The van der Waals surface area contributed by atoms with Gasteiger partial charge in [0.1, 0.15) is 0 Å². The number of benzene rings is 1. The normalized spacial score (nSPS) is 11.2. The van der Waals surface area contributed by atoms with Gasteiger partial charge in [-0.25, -0.2) is 0 Å². The minimum Gasteiger partial charge on any atom is -0.356 e. The second-order valence-corrected chi connectivity index (χ2v) is 3.51. The highest BCUT2D eigenvalue weighted by Crippen LogP contribution is 2.10. The Hall–Kier alpha value is -1.38. The molecule has 0 N–H and O–H groups in total. The van der Waals surface area contributed by atoms with Crippen LogP contribution in [0.3, 0.4) is 0 Å². The molecule has 1 rings (SSSR count). The average molecular weight is 218 g/mol. The Morgan fingerprint density at radius 3 is 2.44 bits per heavy atom. The van der Waals surface area contributed by atoms with Gasteiger partial charge in [0.2, 0.25) is 0 Å². The van der Waals surface area contributed by atoms with Crippen molar-refractivity contribution < 1.29 is 9.47 Å². The van der Waals surface area contributed by atoms with Crippen molar-refractivity contribution >= 4 is 6.08 Å². The third-order valence-electron chi connectivity index (χ3n) is 2.27. The molecular formula is C14H18O2. The largest absolute Gasteiger partial charge is 0.356 e. The van der Waals surface area contributed by atoms with Crippen LogP contribution in [0.1, 0.15) is 12.0 Å². The zero-order valence-corrected chi connectivity index (χ0v) is 9.85. The van der Waals surface area contributed by atoms with Crippen LogP contribution in [0.2, 0.25) is 0 Å². The van der Waals surface area contributed by atoms with Crippen LogP contribution in [0.4, 0.5) is 0 Å². The predicted octanol–water partition coefficient (Wildman–Crippen LogP) is 3.27. The molecule has 0 aliphatic carbocycles. The number of hydrogen-bond acceptors (Lipinski definition) is 2. The molecule has 0 atom stereocenters. The summed E-state index contributed by atoms with van der Waals surface area (Å²) in [6.07, 6.45) is 4.48. The molecule has 0 bridgehead atoms. The van der Waals surface area contributed by atoms with Crippen LogP contribution in [-0.2, 0) is 9.47 Å². The Kier molecular flexibility index (Phi) is 5.54. The van der Waals surface area contributed by atoms with E-state index in [-0.39, 0.29) is 6.29 Å². The van der Waals surface area contributed by atoms with Gasteiger partial charge in [-0.2, -0.15) is 0 Å². The molecule has 0 aliphatic heterocycles. The maximum Gasteiger partial charge on any atom is 0.160 e. The van der Waals surface area contributed by atoms with E-state index in [2.05, 4.69) is 6.58 Å². The minimum atomic E-state index is -0.215. The summed E-state index contributed by atoms with van der Waals surface area (Å²) in [5.41, 5.74) is 2.15. The molecule has 16 heavy (non-hydrogen) atoms. The van der Waals surface area contributed by atoms with Crippen molar-refractivity contribution in [3.8, 4) is 0 Å². The first-order chi connectivity index (χ1) is 7.76. The lowest BCUT2D eigenvalue weighted by Crippen LogP contribution is -2.12. The lowest BCUT2D eigenvalue weighted by molar-refractivity contribution is -0.0996. The summed E-state index contributed by atoms with van der Waals surface area (Å²) in [6, 6.07) is 10.1.